The van der Waals surface area contributed by atoms with Crippen LogP contribution in [0.15, 0.2) is 59.5 Å². The molecule has 24 heavy (non-hydrogen) atoms. The number of hydrogen-bond acceptors (Lipinski definition) is 6. The smallest absolute Gasteiger partial charge is 0.274 e. The van der Waals surface area contributed by atoms with E-state index in [0.717, 1.165) is 5.76 Å². The van der Waals surface area contributed by atoms with Crippen molar-refractivity contribution in [3.63, 3.8) is 0 Å². The van der Waals surface area contributed by atoms with Crippen LogP contribution in [0.25, 0.3) is 0 Å². The molecule has 0 bridgehead atoms. The topological polar surface area (TPSA) is 89.3 Å². The Bertz CT molecular complexity index is 818. The average molecular weight is 324 g/mol. The number of carbonyl (C=O) groups excluding carboxylic acids is 1. The van der Waals surface area contributed by atoms with Gasteiger partial charge in [0.1, 0.15) is 29.3 Å². The lowest BCUT2D eigenvalue weighted by molar-refractivity contribution is 0.102. The van der Waals surface area contributed by atoms with Crippen molar-refractivity contribution in [3.05, 3.63) is 66.5 Å². The Balaban J connectivity index is 1.69. The van der Waals surface area contributed by atoms with E-state index in [9.17, 15) is 4.79 Å². The van der Waals surface area contributed by atoms with Gasteiger partial charge in [-0.05, 0) is 24.3 Å². The van der Waals surface area contributed by atoms with Crippen LogP contribution in [-0.4, -0.2) is 23.0 Å². The normalized spacial score (nSPS) is 10.2. The molecule has 122 valence electrons. The number of anilines is 2. The number of ether oxygens (including phenoxy) is 1. The van der Waals surface area contributed by atoms with Gasteiger partial charge < -0.3 is 19.8 Å². The maximum absolute atomic E-state index is 12.4. The molecule has 0 unspecified atom stereocenters. The third-order valence-electron chi connectivity index (χ3n) is 3.28. The summed E-state index contributed by atoms with van der Waals surface area (Å²) in [6.45, 7) is 0.470. The third kappa shape index (κ3) is 3.70. The number of rotatable bonds is 6. The van der Waals surface area contributed by atoms with Crippen molar-refractivity contribution in [3.8, 4) is 5.75 Å². The molecule has 3 aromatic rings. The fraction of sp³-hybridized carbons (Fsp3) is 0.118. The Kier molecular flexibility index (Phi) is 4.71. The molecule has 0 spiro atoms. The summed E-state index contributed by atoms with van der Waals surface area (Å²) in [4.78, 5) is 20.5. The van der Waals surface area contributed by atoms with Gasteiger partial charge in [-0.15, -0.1) is 0 Å². The van der Waals surface area contributed by atoms with Crippen LogP contribution in [0.4, 0.5) is 11.5 Å². The van der Waals surface area contributed by atoms with Crippen LogP contribution in [0.2, 0.25) is 0 Å². The van der Waals surface area contributed by atoms with Crippen molar-refractivity contribution in [1.82, 2.24) is 9.97 Å². The van der Waals surface area contributed by atoms with Gasteiger partial charge in [0.05, 0.1) is 25.6 Å². The molecule has 1 amide bonds. The lowest BCUT2D eigenvalue weighted by Gasteiger charge is -2.10. The van der Waals surface area contributed by atoms with Gasteiger partial charge in [-0.25, -0.2) is 9.97 Å². The van der Waals surface area contributed by atoms with E-state index in [1.807, 2.05) is 24.3 Å². The zero-order chi connectivity index (χ0) is 16.8. The summed E-state index contributed by atoms with van der Waals surface area (Å²) < 4.78 is 10.5. The van der Waals surface area contributed by atoms with E-state index in [4.69, 9.17) is 9.15 Å². The molecule has 0 saturated carbocycles. The molecule has 0 aliphatic heterocycles. The van der Waals surface area contributed by atoms with Crippen LogP contribution >= 0.6 is 0 Å². The highest BCUT2D eigenvalue weighted by Crippen LogP contribution is 2.23. The van der Waals surface area contributed by atoms with E-state index in [2.05, 4.69) is 20.6 Å². The predicted molar refractivity (Wildman–Crippen MR) is 89.0 cm³/mol. The number of methoxy groups -OCH3 is 1. The molecule has 0 fully saturated rings. The summed E-state index contributed by atoms with van der Waals surface area (Å²) in [5.41, 5.74) is 0.826. The number of nitrogens with zero attached hydrogens (tertiary/aromatic N) is 2. The van der Waals surface area contributed by atoms with Gasteiger partial charge in [0.2, 0.25) is 0 Å². The second-order valence-corrected chi connectivity index (χ2v) is 4.88. The number of benzene rings is 1. The fourth-order valence-electron chi connectivity index (χ4n) is 2.10. The van der Waals surface area contributed by atoms with Crippen LogP contribution in [0, 0.1) is 0 Å². The number of para-hydroxylation sites is 2. The minimum absolute atomic E-state index is 0.248. The Hall–Kier alpha value is -3.35. The van der Waals surface area contributed by atoms with Crippen molar-refractivity contribution in [2.24, 2.45) is 0 Å². The number of amides is 1. The van der Waals surface area contributed by atoms with Crippen LogP contribution in [0.1, 0.15) is 16.2 Å². The second-order valence-electron chi connectivity index (χ2n) is 4.88. The van der Waals surface area contributed by atoms with Gasteiger partial charge in [0.25, 0.3) is 5.91 Å². The van der Waals surface area contributed by atoms with Crippen molar-refractivity contribution < 1.29 is 13.9 Å². The SMILES string of the molecule is COc1ccccc1NC(=O)c1cc(NCc2ccco2)ncn1. The van der Waals surface area contributed by atoms with E-state index in [1.165, 1.54) is 6.33 Å². The van der Waals surface area contributed by atoms with Crippen LogP contribution in [-0.2, 0) is 6.54 Å². The standard InChI is InChI=1S/C17H16N4O3/c1-23-15-7-3-2-6-13(15)21-17(22)14-9-16(20-11-19-14)18-10-12-5-4-8-24-12/h2-9,11H,10H2,1H3,(H,21,22)(H,18,19,20). The molecule has 7 heteroatoms. The maximum atomic E-state index is 12.4. The molecule has 2 aromatic heterocycles. The number of carbonyl (C=O) groups is 1. The quantitative estimate of drug-likeness (QED) is 0.724. The van der Waals surface area contributed by atoms with E-state index >= 15 is 0 Å². The number of hydrogen-bond donors (Lipinski definition) is 2. The second kappa shape index (κ2) is 7.28. The number of furan rings is 1. The van der Waals surface area contributed by atoms with E-state index in [-0.39, 0.29) is 11.6 Å². The first-order valence-electron chi connectivity index (χ1n) is 7.29. The zero-order valence-electron chi connectivity index (χ0n) is 13.0. The minimum atomic E-state index is -0.344. The molecule has 3 rings (SSSR count). The zero-order valence-corrected chi connectivity index (χ0v) is 13.0. The van der Waals surface area contributed by atoms with Crippen molar-refractivity contribution in [1.29, 1.82) is 0 Å². The van der Waals surface area contributed by atoms with E-state index in [0.29, 0.717) is 23.8 Å². The summed E-state index contributed by atoms with van der Waals surface area (Å²) in [5, 5.41) is 5.85. The summed E-state index contributed by atoms with van der Waals surface area (Å²) in [6.07, 6.45) is 2.94. The van der Waals surface area contributed by atoms with Crippen molar-refractivity contribution in [2.45, 2.75) is 6.54 Å². The summed E-state index contributed by atoms with van der Waals surface area (Å²) in [7, 11) is 1.55. The van der Waals surface area contributed by atoms with Gasteiger partial charge in [0, 0.05) is 6.07 Å². The van der Waals surface area contributed by atoms with Crippen molar-refractivity contribution >= 4 is 17.4 Å². The van der Waals surface area contributed by atoms with Crippen LogP contribution in [0.5, 0.6) is 5.75 Å². The van der Waals surface area contributed by atoms with Gasteiger partial charge in [-0.3, -0.25) is 4.79 Å². The van der Waals surface area contributed by atoms with Crippen LogP contribution in [0.3, 0.4) is 0 Å². The molecular weight excluding hydrogens is 308 g/mol. The maximum Gasteiger partial charge on any atom is 0.274 e. The number of aromatic nitrogens is 2. The first-order valence-corrected chi connectivity index (χ1v) is 7.29. The lowest BCUT2D eigenvalue weighted by Crippen LogP contribution is -2.15. The molecule has 1 aromatic carbocycles. The average Bonchev–Trinajstić information content (AvgIpc) is 3.14. The van der Waals surface area contributed by atoms with Crippen molar-refractivity contribution in [2.75, 3.05) is 17.7 Å². The predicted octanol–water partition coefficient (Wildman–Crippen LogP) is 2.94. The molecule has 0 aliphatic rings. The molecule has 2 N–H and O–H groups in total. The van der Waals surface area contributed by atoms with Crippen LogP contribution < -0.4 is 15.4 Å². The van der Waals surface area contributed by atoms with E-state index in [1.54, 1.807) is 31.6 Å². The highest BCUT2D eigenvalue weighted by atomic mass is 16.5. The monoisotopic (exact) mass is 324 g/mol. The Labute approximate surface area is 138 Å². The molecule has 0 atom stereocenters. The van der Waals surface area contributed by atoms with E-state index < -0.39 is 0 Å². The summed E-state index contributed by atoms with van der Waals surface area (Å²) >= 11 is 0. The van der Waals surface area contributed by atoms with Gasteiger partial charge >= 0.3 is 0 Å². The highest BCUT2D eigenvalue weighted by molar-refractivity contribution is 6.04. The Morgan fingerprint density at radius 3 is 2.88 bits per heavy atom. The first-order chi connectivity index (χ1) is 11.8. The molecular formula is C17H16N4O3. The summed E-state index contributed by atoms with van der Waals surface area (Å²) in [5.74, 6) is 1.54. The molecule has 0 aliphatic carbocycles. The van der Waals surface area contributed by atoms with Gasteiger partial charge in [-0.2, -0.15) is 0 Å². The number of nitrogens with one attached hydrogen (secondary N) is 2. The minimum Gasteiger partial charge on any atom is -0.495 e. The molecule has 2 heterocycles. The Morgan fingerprint density at radius 2 is 2.08 bits per heavy atom. The van der Waals surface area contributed by atoms with Gasteiger partial charge in [0.15, 0.2) is 0 Å². The first kappa shape index (κ1) is 15.5. The van der Waals surface area contributed by atoms with Gasteiger partial charge in [-0.1, -0.05) is 12.1 Å². The molecule has 0 saturated heterocycles. The third-order valence-corrected chi connectivity index (χ3v) is 3.28. The molecule has 7 nitrogen and oxygen atoms in total. The fourth-order valence-corrected chi connectivity index (χ4v) is 2.10. The molecule has 0 radical (unpaired) electrons. The Morgan fingerprint density at radius 1 is 1.21 bits per heavy atom. The summed E-state index contributed by atoms with van der Waals surface area (Å²) in [6, 6.07) is 12.4. The lowest BCUT2D eigenvalue weighted by atomic mass is 10.2. The highest BCUT2D eigenvalue weighted by Gasteiger charge is 2.11. The largest absolute Gasteiger partial charge is 0.495 e.